The SMILES string of the molecule is O=C(Nc1ccc(Br)cn1)C(O)(c1ccccc1)c1ccccc1. The van der Waals surface area contributed by atoms with Gasteiger partial charge in [0.05, 0.1) is 0 Å². The Morgan fingerprint density at radius 3 is 1.92 bits per heavy atom. The van der Waals surface area contributed by atoms with Crippen molar-refractivity contribution in [1.82, 2.24) is 4.98 Å². The molecule has 1 heterocycles. The lowest BCUT2D eigenvalue weighted by Crippen LogP contribution is -2.41. The van der Waals surface area contributed by atoms with Gasteiger partial charge < -0.3 is 10.4 Å². The van der Waals surface area contributed by atoms with Crippen LogP contribution in [0.2, 0.25) is 0 Å². The molecule has 0 unspecified atom stereocenters. The van der Waals surface area contributed by atoms with Crippen molar-refractivity contribution in [1.29, 1.82) is 0 Å². The number of benzene rings is 2. The Morgan fingerprint density at radius 1 is 0.917 bits per heavy atom. The number of rotatable bonds is 4. The minimum absolute atomic E-state index is 0.369. The summed E-state index contributed by atoms with van der Waals surface area (Å²) in [6.45, 7) is 0. The summed E-state index contributed by atoms with van der Waals surface area (Å²) in [6.07, 6.45) is 1.58. The van der Waals surface area contributed by atoms with Crippen LogP contribution < -0.4 is 5.32 Å². The highest BCUT2D eigenvalue weighted by atomic mass is 79.9. The Bertz CT molecular complexity index is 782. The van der Waals surface area contributed by atoms with E-state index in [-0.39, 0.29) is 0 Å². The first-order chi connectivity index (χ1) is 11.6. The Balaban J connectivity index is 2.02. The largest absolute Gasteiger partial charge is 0.372 e. The number of aromatic nitrogens is 1. The Morgan fingerprint density at radius 2 is 1.46 bits per heavy atom. The summed E-state index contributed by atoms with van der Waals surface area (Å²) >= 11 is 3.30. The molecule has 24 heavy (non-hydrogen) atoms. The molecule has 0 spiro atoms. The minimum Gasteiger partial charge on any atom is -0.372 e. The molecule has 0 bridgehead atoms. The highest BCUT2D eigenvalue weighted by Gasteiger charge is 2.40. The van der Waals surface area contributed by atoms with E-state index in [9.17, 15) is 9.90 Å². The molecular formula is C19H15BrN2O2. The molecular weight excluding hydrogens is 368 g/mol. The molecule has 1 aromatic heterocycles. The maximum Gasteiger partial charge on any atom is 0.266 e. The number of carbonyl (C=O) groups is 1. The van der Waals surface area contributed by atoms with Crippen LogP contribution in [0.1, 0.15) is 11.1 Å². The number of halogens is 1. The van der Waals surface area contributed by atoms with Gasteiger partial charge in [0.25, 0.3) is 5.91 Å². The number of amides is 1. The molecule has 0 aliphatic rings. The van der Waals surface area contributed by atoms with Gasteiger partial charge in [0.1, 0.15) is 5.82 Å². The molecule has 0 saturated carbocycles. The van der Waals surface area contributed by atoms with Crippen molar-refractivity contribution in [2.24, 2.45) is 0 Å². The van der Waals surface area contributed by atoms with Gasteiger partial charge in [0.15, 0.2) is 5.60 Å². The van der Waals surface area contributed by atoms with E-state index in [2.05, 4.69) is 26.2 Å². The van der Waals surface area contributed by atoms with E-state index >= 15 is 0 Å². The topological polar surface area (TPSA) is 62.2 Å². The van der Waals surface area contributed by atoms with E-state index in [4.69, 9.17) is 0 Å². The number of nitrogens with zero attached hydrogens (tertiary/aromatic N) is 1. The van der Waals surface area contributed by atoms with Crippen LogP contribution in [0.3, 0.4) is 0 Å². The molecule has 5 heteroatoms. The second kappa shape index (κ2) is 6.95. The van der Waals surface area contributed by atoms with Crippen molar-refractivity contribution < 1.29 is 9.90 Å². The van der Waals surface area contributed by atoms with E-state index in [0.717, 1.165) is 4.47 Å². The van der Waals surface area contributed by atoms with Crippen molar-refractivity contribution >= 4 is 27.7 Å². The van der Waals surface area contributed by atoms with Gasteiger partial charge in [0.2, 0.25) is 0 Å². The monoisotopic (exact) mass is 382 g/mol. The summed E-state index contributed by atoms with van der Waals surface area (Å²) in [6, 6.07) is 21.1. The van der Waals surface area contributed by atoms with Crippen LogP contribution in [0, 0.1) is 0 Å². The third kappa shape index (κ3) is 3.22. The highest BCUT2D eigenvalue weighted by Crippen LogP contribution is 2.31. The van der Waals surface area contributed by atoms with E-state index in [1.54, 1.807) is 66.9 Å². The first-order valence-electron chi connectivity index (χ1n) is 7.37. The molecule has 3 aromatic rings. The van der Waals surface area contributed by atoms with E-state index in [1.165, 1.54) is 0 Å². The van der Waals surface area contributed by atoms with E-state index < -0.39 is 11.5 Å². The fourth-order valence-corrected chi connectivity index (χ4v) is 2.68. The molecule has 120 valence electrons. The number of hydrogen-bond donors (Lipinski definition) is 2. The molecule has 0 fully saturated rings. The van der Waals surface area contributed by atoms with Crippen molar-refractivity contribution in [3.05, 3.63) is 94.6 Å². The average molecular weight is 383 g/mol. The summed E-state index contributed by atoms with van der Waals surface area (Å²) in [5.74, 6) is -0.191. The highest BCUT2D eigenvalue weighted by molar-refractivity contribution is 9.10. The summed E-state index contributed by atoms with van der Waals surface area (Å²) in [7, 11) is 0. The molecule has 0 aliphatic carbocycles. The normalized spacial score (nSPS) is 11.1. The lowest BCUT2D eigenvalue weighted by atomic mass is 9.85. The second-order valence-corrected chi connectivity index (χ2v) is 6.17. The van der Waals surface area contributed by atoms with Gasteiger partial charge in [-0.25, -0.2) is 4.98 Å². The van der Waals surface area contributed by atoms with Crippen LogP contribution in [-0.2, 0) is 10.4 Å². The molecule has 0 atom stereocenters. The first-order valence-corrected chi connectivity index (χ1v) is 8.16. The summed E-state index contributed by atoms with van der Waals surface area (Å²) in [5, 5.41) is 14.0. The average Bonchev–Trinajstić information content (AvgIpc) is 2.64. The number of carbonyl (C=O) groups excluding carboxylic acids is 1. The van der Waals surface area contributed by atoms with Gasteiger partial charge >= 0.3 is 0 Å². The van der Waals surface area contributed by atoms with E-state index in [1.807, 2.05) is 12.1 Å². The second-order valence-electron chi connectivity index (χ2n) is 5.26. The van der Waals surface area contributed by atoms with Crippen molar-refractivity contribution in [3.8, 4) is 0 Å². The third-order valence-corrected chi connectivity index (χ3v) is 4.15. The van der Waals surface area contributed by atoms with Crippen LogP contribution in [-0.4, -0.2) is 16.0 Å². The Kier molecular flexibility index (Phi) is 4.74. The maximum absolute atomic E-state index is 12.9. The standard InChI is InChI=1S/C19H15BrN2O2/c20-16-11-12-17(21-13-16)22-18(23)19(24,14-7-3-1-4-8-14)15-9-5-2-6-10-15/h1-13,24H,(H,21,22,23). The molecule has 2 aromatic carbocycles. The van der Waals surface area contributed by atoms with Crippen LogP contribution in [0.25, 0.3) is 0 Å². The van der Waals surface area contributed by atoms with Crippen LogP contribution in [0.5, 0.6) is 0 Å². The number of anilines is 1. The van der Waals surface area contributed by atoms with Crippen molar-refractivity contribution in [3.63, 3.8) is 0 Å². The number of hydrogen-bond acceptors (Lipinski definition) is 3. The molecule has 4 nitrogen and oxygen atoms in total. The predicted octanol–water partition coefficient (Wildman–Crippen LogP) is 3.72. The van der Waals surface area contributed by atoms with Crippen molar-refractivity contribution in [2.75, 3.05) is 5.32 Å². The molecule has 1 amide bonds. The van der Waals surface area contributed by atoms with Crippen LogP contribution >= 0.6 is 15.9 Å². The zero-order chi connectivity index (χ0) is 17.0. The molecule has 0 aliphatic heterocycles. The summed E-state index contributed by atoms with van der Waals surface area (Å²) < 4.78 is 0.807. The number of aliphatic hydroxyl groups is 1. The maximum atomic E-state index is 12.9. The van der Waals surface area contributed by atoms with Crippen LogP contribution in [0.15, 0.2) is 83.5 Å². The number of nitrogens with one attached hydrogen (secondary N) is 1. The van der Waals surface area contributed by atoms with Gasteiger partial charge in [-0.3, -0.25) is 4.79 Å². The quantitative estimate of drug-likeness (QED) is 0.722. The van der Waals surface area contributed by atoms with Gasteiger partial charge in [-0.2, -0.15) is 0 Å². The van der Waals surface area contributed by atoms with Gasteiger partial charge in [-0.1, -0.05) is 60.7 Å². The first kappa shape index (κ1) is 16.4. The van der Waals surface area contributed by atoms with Gasteiger partial charge in [-0.05, 0) is 39.2 Å². The predicted molar refractivity (Wildman–Crippen MR) is 96.4 cm³/mol. The fraction of sp³-hybridized carbons (Fsp3) is 0.0526. The van der Waals surface area contributed by atoms with Crippen LogP contribution in [0.4, 0.5) is 5.82 Å². The summed E-state index contributed by atoms with van der Waals surface area (Å²) in [5.41, 5.74) is -0.825. The fourth-order valence-electron chi connectivity index (χ4n) is 2.44. The molecule has 2 N–H and O–H groups in total. The zero-order valence-corrected chi connectivity index (χ0v) is 14.3. The zero-order valence-electron chi connectivity index (χ0n) is 12.7. The smallest absolute Gasteiger partial charge is 0.266 e. The van der Waals surface area contributed by atoms with E-state index in [0.29, 0.717) is 16.9 Å². The number of pyridine rings is 1. The van der Waals surface area contributed by atoms with Gasteiger partial charge in [-0.15, -0.1) is 0 Å². The summed E-state index contributed by atoms with van der Waals surface area (Å²) in [4.78, 5) is 17.0. The molecule has 3 rings (SSSR count). The lowest BCUT2D eigenvalue weighted by Gasteiger charge is -2.27. The molecule has 0 radical (unpaired) electrons. The lowest BCUT2D eigenvalue weighted by molar-refractivity contribution is -0.131. The minimum atomic E-state index is -1.81. The van der Waals surface area contributed by atoms with Crippen molar-refractivity contribution in [2.45, 2.75) is 5.60 Å². The Labute approximate surface area is 148 Å². The van der Waals surface area contributed by atoms with Gasteiger partial charge in [0, 0.05) is 10.7 Å². The Hall–Kier alpha value is -2.50. The third-order valence-electron chi connectivity index (χ3n) is 3.68. The molecule has 0 saturated heterocycles.